The van der Waals surface area contributed by atoms with Crippen LogP contribution in [0.4, 0.5) is 0 Å². The van der Waals surface area contributed by atoms with Gasteiger partial charge in [0.05, 0.1) is 0 Å². The van der Waals surface area contributed by atoms with E-state index in [-0.39, 0.29) is 23.3 Å². The van der Waals surface area contributed by atoms with Gasteiger partial charge in [0.1, 0.15) is 5.76 Å². The van der Waals surface area contributed by atoms with E-state index >= 15 is 0 Å². The molecular weight excluding hydrogens is 182 g/mol. The van der Waals surface area contributed by atoms with Crippen LogP contribution in [0.2, 0.25) is 0 Å². The monoisotopic (exact) mass is 197 g/mol. The zero-order chi connectivity index (χ0) is 10.6. The molecule has 0 saturated heterocycles. The normalized spacial score (nSPS) is 21.1. The zero-order valence-electron chi connectivity index (χ0n) is 8.16. The van der Waals surface area contributed by atoms with Gasteiger partial charge in [-0.3, -0.25) is 4.79 Å². The lowest BCUT2D eigenvalue weighted by molar-refractivity contribution is -0.118. The van der Waals surface area contributed by atoms with Crippen molar-refractivity contribution in [3.8, 4) is 0 Å². The Morgan fingerprint density at radius 2 is 2.36 bits per heavy atom. The van der Waals surface area contributed by atoms with Gasteiger partial charge in [0.15, 0.2) is 5.76 Å². The molecule has 14 heavy (non-hydrogen) atoms. The van der Waals surface area contributed by atoms with Crippen molar-refractivity contribution in [1.82, 2.24) is 5.32 Å². The van der Waals surface area contributed by atoms with Crippen LogP contribution in [0.3, 0.4) is 0 Å². The first-order valence-electron chi connectivity index (χ1n) is 4.63. The summed E-state index contributed by atoms with van der Waals surface area (Å²) in [6.07, 6.45) is 4.56. The predicted octanol–water partition coefficient (Wildman–Crippen LogP) is 1.42. The Bertz CT molecular complexity index is 281. The SMILES string of the molecule is CC(=O)NCCC1C=CC(O)=C(O)C1. The van der Waals surface area contributed by atoms with Crippen LogP contribution in [0.25, 0.3) is 0 Å². The summed E-state index contributed by atoms with van der Waals surface area (Å²) < 4.78 is 0. The Kier molecular flexibility index (Phi) is 3.56. The number of amides is 1. The molecule has 0 bridgehead atoms. The molecule has 3 N–H and O–H groups in total. The van der Waals surface area contributed by atoms with Crippen LogP contribution in [0, 0.1) is 5.92 Å². The number of carbonyl (C=O) groups is 1. The summed E-state index contributed by atoms with van der Waals surface area (Å²) in [5.41, 5.74) is 0. The van der Waals surface area contributed by atoms with E-state index in [0.717, 1.165) is 6.42 Å². The molecule has 0 aromatic heterocycles. The van der Waals surface area contributed by atoms with Gasteiger partial charge in [0, 0.05) is 19.9 Å². The highest BCUT2D eigenvalue weighted by Gasteiger charge is 2.14. The van der Waals surface area contributed by atoms with E-state index in [1.54, 1.807) is 0 Å². The van der Waals surface area contributed by atoms with Gasteiger partial charge in [-0.2, -0.15) is 0 Å². The van der Waals surface area contributed by atoms with Crippen LogP contribution in [0.5, 0.6) is 0 Å². The highest BCUT2D eigenvalue weighted by atomic mass is 16.3. The first-order chi connectivity index (χ1) is 6.59. The van der Waals surface area contributed by atoms with Gasteiger partial charge < -0.3 is 15.5 Å². The smallest absolute Gasteiger partial charge is 0.216 e. The fourth-order valence-electron chi connectivity index (χ4n) is 1.38. The van der Waals surface area contributed by atoms with Gasteiger partial charge in [0.2, 0.25) is 5.91 Å². The van der Waals surface area contributed by atoms with Gasteiger partial charge >= 0.3 is 0 Å². The molecule has 0 spiro atoms. The van der Waals surface area contributed by atoms with E-state index in [0.29, 0.717) is 13.0 Å². The van der Waals surface area contributed by atoms with Gasteiger partial charge in [0.25, 0.3) is 0 Å². The third kappa shape index (κ3) is 3.12. The fourth-order valence-corrected chi connectivity index (χ4v) is 1.38. The van der Waals surface area contributed by atoms with Crippen LogP contribution in [0.1, 0.15) is 19.8 Å². The van der Waals surface area contributed by atoms with E-state index in [9.17, 15) is 9.90 Å². The number of hydrogen-bond acceptors (Lipinski definition) is 3. The van der Waals surface area contributed by atoms with Gasteiger partial charge in [-0.1, -0.05) is 6.08 Å². The van der Waals surface area contributed by atoms with Gasteiger partial charge in [-0.05, 0) is 18.4 Å². The largest absolute Gasteiger partial charge is 0.508 e. The highest BCUT2D eigenvalue weighted by molar-refractivity contribution is 5.72. The van der Waals surface area contributed by atoms with E-state index < -0.39 is 0 Å². The molecule has 0 radical (unpaired) electrons. The Morgan fingerprint density at radius 1 is 1.64 bits per heavy atom. The van der Waals surface area contributed by atoms with Crippen LogP contribution >= 0.6 is 0 Å². The lowest BCUT2D eigenvalue weighted by Gasteiger charge is -2.16. The summed E-state index contributed by atoms with van der Waals surface area (Å²) in [6.45, 7) is 2.07. The molecule has 78 valence electrons. The molecule has 4 heteroatoms. The van der Waals surface area contributed by atoms with E-state index in [2.05, 4.69) is 5.32 Å². The van der Waals surface area contributed by atoms with Crippen molar-refractivity contribution in [1.29, 1.82) is 0 Å². The Labute approximate surface area is 82.9 Å². The number of aliphatic hydroxyl groups is 2. The minimum Gasteiger partial charge on any atom is -0.508 e. The second-order valence-corrected chi connectivity index (χ2v) is 3.43. The molecule has 0 aromatic rings. The van der Waals surface area contributed by atoms with Crippen molar-refractivity contribution in [3.05, 3.63) is 23.7 Å². The average molecular weight is 197 g/mol. The minimum atomic E-state index is -0.0548. The molecule has 0 heterocycles. The Hall–Kier alpha value is -1.45. The molecular formula is C10H15NO3. The summed E-state index contributed by atoms with van der Waals surface area (Å²) in [5, 5.41) is 21.0. The molecule has 1 atom stereocenters. The van der Waals surface area contributed by atoms with Crippen LogP contribution in [-0.2, 0) is 4.79 Å². The lowest BCUT2D eigenvalue weighted by Crippen LogP contribution is -2.23. The molecule has 0 saturated carbocycles. The molecule has 1 aliphatic carbocycles. The number of aliphatic hydroxyl groups excluding tert-OH is 2. The molecule has 0 aromatic carbocycles. The summed E-state index contributed by atoms with van der Waals surface area (Å²) >= 11 is 0. The number of carbonyl (C=O) groups excluding carboxylic acids is 1. The molecule has 1 rings (SSSR count). The third-order valence-electron chi connectivity index (χ3n) is 2.17. The number of hydrogen-bond donors (Lipinski definition) is 3. The number of rotatable bonds is 3. The predicted molar refractivity (Wildman–Crippen MR) is 52.8 cm³/mol. The topological polar surface area (TPSA) is 69.6 Å². The number of nitrogens with one attached hydrogen (secondary N) is 1. The van der Waals surface area contributed by atoms with Gasteiger partial charge in [-0.15, -0.1) is 0 Å². The van der Waals surface area contributed by atoms with Crippen molar-refractivity contribution < 1.29 is 15.0 Å². The lowest BCUT2D eigenvalue weighted by atomic mass is 9.95. The summed E-state index contributed by atoms with van der Waals surface area (Å²) in [5.74, 6) is 0.117. The summed E-state index contributed by atoms with van der Waals surface area (Å²) in [4.78, 5) is 10.6. The van der Waals surface area contributed by atoms with Crippen molar-refractivity contribution in [2.45, 2.75) is 19.8 Å². The first kappa shape index (κ1) is 10.6. The highest BCUT2D eigenvalue weighted by Crippen LogP contribution is 2.22. The number of allylic oxidation sites excluding steroid dienone is 3. The molecule has 4 nitrogen and oxygen atoms in total. The Balaban J connectivity index is 2.30. The maximum Gasteiger partial charge on any atom is 0.216 e. The maximum atomic E-state index is 10.6. The fraction of sp³-hybridized carbons (Fsp3) is 0.500. The molecule has 1 unspecified atom stereocenters. The van der Waals surface area contributed by atoms with Crippen LogP contribution in [0.15, 0.2) is 23.7 Å². The average Bonchev–Trinajstić information content (AvgIpc) is 2.10. The standard InChI is InChI=1S/C10H15NO3/c1-7(12)11-5-4-8-2-3-9(13)10(14)6-8/h2-3,8,13-14H,4-6H2,1H3,(H,11,12). The Morgan fingerprint density at radius 3 is 2.93 bits per heavy atom. The maximum absolute atomic E-state index is 10.6. The van der Waals surface area contributed by atoms with E-state index in [4.69, 9.17) is 5.11 Å². The van der Waals surface area contributed by atoms with E-state index in [1.807, 2.05) is 6.08 Å². The molecule has 0 fully saturated rings. The second kappa shape index (κ2) is 4.69. The van der Waals surface area contributed by atoms with Crippen LogP contribution < -0.4 is 5.32 Å². The van der Waals surface area contributed by atoms with Crippen molar-refractivity contribution in [2.24, 2.45) is 5.92 Å². The molecule has 0 aliphatic heterocycles. The summed E-state index contributed by atoms with van der Waals surface area (Å²) in [6, 6.07) is 0. The second-order valence-electron chi connectivity index (χ2n) is 3.43. The van der Waals surface area contributed by atoms with E-state index in [1.165, 1.54) is 13.0 Å². The minimum absolute atomic E-state index is 0.0281. The van der Waals surface area contributed by atoms with Crippen molar-refractivity contribution in [3.63, 3.8) is 0 Å². The van der Waals surface area contributed by atoms with Crippen LogP contribution in [-0.4, -0.2) is 22.7 Å². The van der Waals surface area contributed by atoms with Crippen molar-refractivity contribution >= 4 is 5.91 Å². The zero-order valence-corrected chi connectivity index (χ0v) is 8.16. The molecule has 1 amide bonds. The molecule has 1 aliphatic rings. The third-order valence-corrected chi connectivity index (χ3v) is 2.17. The quantitative estimate of drug-likeness (QED) is 0.640. The van der Waals surface area contributed by atoms with Gasteiger partial charge in [-0.25, -0.2) is 0 Å². The first-order valence-corrected chi connectivity index (χ1v) is 4.63. The summed E-state index contributed by atoms with van der Waals surface area (Å²) in [7, 11) is 0. The van der Waals surface area contributed by atoms with Crippen molar-refractivity contribution in [2.75, 3.05) is 6.54 Å².